The molecule has 0 aromatic heterocycles. The van der Waals surface area contributed by atoms with Crippen LogP contribution in [0.3, 0.4) is 0 Å². The van der Waals surface area contributed by atoms with E-state index >= 15 is 0 Å². The summed E-state index contributed by atoms with van der Waals surface area (Å²) in [5.41, 5.74) is -1.71. The molecule has 1 aromatic carbocycles. The second kappa shape index (κ2) is 5.52. The van der Waals surface area contributed by atoms with E-state index < -0.39 is 33.7 Å². The topological polar surface area (TPSA) is 63.5 Å². The Bertz CT molecular complexity index is 553. The Hall–Kier alpha value is -2.05. The van der Waals surface area contributed by atoms with E-state index in [1.54, 1.807) is 0 Å². The van der Waals surface area contributed by atoms with Gasteiger partial charge in [0.25, 0.3) is 5.91 Å². The van der Waals surface area contributed by atoms with Gasteiger partial charge < -0.3 is 4.90 Å². The van der Waals surface area contributed by atoms with Gasteiger partial charge in [0.05, 0.1) is 16.6 Å². The lowest BCUT2D eigenvalue weighted by atomic mass is 9.96. The summed E-state index contributed by atoms with van der Waals surface area (Å²) in [4.78, 5) is 22.7. The number of nitro groups is 1. The van der Waals surface area contributed by atoms with Crippen molar-refractivity contribution in [2.45, 2.75) is 20.8 Å². The monoisotopic (exact) mass is 286 g/mol. The maximum atomic E-state index is 13.7. The van der Waals surface area contributed by atoms with Crippen LogP contribution in [0.1, 0.15) is 31.1 Å². The van der Waals surface area contributed by atoms with Crippen LogP contribution in [-0.4, -0.2) is 29.3 Å². The van der Waals surface area contributed by atoms with Crippen molar-refractivity contribution < 1.29 is 18.5 Å². The van der Waals surface area contributed by atoms with Gasteiger partial charge in [-0.25, -0.2) is 4.39 Å². The van der Waals surface area contributed by atoms with E-state index in [1.807, 2.05) is 20.8 Å². The molecule has 0 aliphatic heterocycles. The zero-order chi connectivity index (χ0) is 15.7. The smallest absolute Gasteiger partial charge is 0.307 e. The molecule has 0 atom stereocenters. The third-order valence-electron chi connectivity index (χ3n) is 2.52. The second-order valence-electron chi connectivity index (χ2n) is 5.76. The highest BCUT2D eigenvalue weighted by atomic mass is 19.1. The predicted molar refractivity (Wildman–Crippen MR) is 69.4 cm³/mol. The molecule has 0 bridgehead atoms. The first kappa shape index (κ1) is 16.0. The number of hydrogen-bond donors (Lipinski definition) is 0. The second-order valence-corrected chi connectivity index (χ2v) is 5.76. The molecule has 1 rings (SSSR count). The lowest BCUT2D eigenvalue weighted by Crippen LogP contribution is -2.35. The number of hydrogen-bond acceptors (Lipinski definition) is 3. The molecule has 0 aliphatic rings. The number of nitro benzene ring substituents is 1. The minimum atomic E-state index is -1.23. The number of rotatable bonds is 3. The standard InChI is InChI=1S/C13H16F2N2O3/c1-13(2,3)7-16(4)12(18)8-5-10(15)11(17(19)20)6-9(8)14/h5-6H,7H2,1-4H3. The zero-order valence-corrected chi connectivity index (χ0v) is 11.7. The van der Waals surface area contributed by atoms with Crippen molar-refractivity contribution in [3.05, 3.63) is 39.4 Å². The Morgan fingerprint density at radius 3 is 2.30 bits per heavy atom. The minimum absolute atomic E-state index is 0.208. The molecule has 0 N–H and O–H groups in total. The van der Waals surface area contributed by atoms with E-state index in [4.69, 9.17) is 0 Å². The summed E-state index contributed by atoms with van der Waals surface area (Å²) in [6, 6.07) is 0.989. The summed E-state index contributed by atoms with van der Waals surface area (Å²) in [5.74, 6) is -3.06. The highest BCUT2D eigenvalue weighted by Crippen LogP contribution is 2.23. The molecule has 7 heteroatoms. The molecular weight excluding hydrogens is 270 g/mol. The Morgan fingerprint density at radius 2 is 1.85 bits per heavy atom. The first-order valence-corrected chi connectivity index (χ1v) is 5.92. The number of carbonyl (C=O) groups is 1. The van der Waals surface area contributed by atoms with Gasteiger partial charge in [-0.3, -0.25) is 14.9 Å². The normalized spacial score (nSPS) is 11.3. The molecule has 0 spiro atoms. The van der Waals surface area contributed by atoms with Gasteiger partial charge in [0, 0.05) is 13.6 Å². The fourth-order valence-corrected chi connectivity index (χ4v) is 1.83. The molecule has 20 heavy (non-hydrogen) atoms. The number of nitrogens with zero attached hydrogens (tertiary/aromatic N) is 2. The van der Waals surface area contributed by atoms with Crippen LogP contribution in [0.2, 0.25) is 0 Å². The number of amides is 1. The van der Waals surface area contributed by atoms with Gasteiger partial charge in [-0.1, -0.05) is 20.8 Å². The molecule has 0 fully saturated rings. The fourth-order valence-electron chi connectivity index (χ4n) is 1.83. The van der Waals surface area contributed by atoms with Gasteiger partial charge in [-0.05, 0) is 11.5 Å². The zero-order valence-electron chi connectivity index (χ0n) is 11.7. The third-order valence-corrected chi connectivity index (χ3v) is 2.52. The van der Waals surface area contributed by atoms with Crippen LogP contribution in [0, 0.1) is 27.2 Å². The summed E-state index contributed by atoms with van der Waals surface area (Å²) in [5, 5.41) is 10.5. The average Bonchev–Trinajstić information content (AvgIpc) is 2.28. The van der Waals surface area contributed by atoms with Crippen LogP contribution >= 0.6 is 0 Å². The largest absolute Gasteiger partial charge is 0.341 e. The highest BCUT2D eigenvalue weighted by Gasteiger charge is 2.25. The molecule has 0 unspecified atom stereocenters. The van der Waals surface area contributed by atoms with Crippen LogP contribution in [0.25, 0.3) is 0 Å². The fraction of sp³-hybridized carbons (Fsp3) is 0.462. The quantitative estimate of drug-likeness (QED) is 0.634. The molecule has 1 amide bonds. The van der Waals surface area contributed by atoms with Gasteiger partial charge in [0.1, 0.15) is 5.82 Å². The van der Waals surface area contributed by atoms with E-state index in [0.717, 1.165) is 0 Å². The number of carbonyl (C=O) groups excluding carboxylic acids is 1. The number of halogens is 2. The van der Waals surface area contributed by atoms with E-state index in [-0.39, 0.29) is 5.41 Å². The first-order valence-electron chi connectivity index (χ1n) is 5.92. The van der Waals surface area contributed by atoms with Crippen molar-refractivity contribution in [2.75, 3.05) is 13.6 Å². The van der Waals surface area contributed by atoms with E-state index in [9.17, 15) is 23.7 Å². The summed E-state index contributed by atoms with van der Waals surface area (Å²) in [6.07, 6.45) is 0. The van der Waals surface area contributed by atoms with Crippen molar-refractivity contribution in [1.82, 2.24) is 4.90 Å². The van der Waals surface area contributed by atoms with Crippen molar-refractivity contribution in [3.63, 3.8) is 0 Å². The van der Waals surface area contributed by atoms with Gasteiger partial charge in [0.2, 0.25) is 5.82 Å². The third kappa shape index (κ3) is 3.72. The van der Waals surface area contributed by atoms with Gasteiger partial charge in [-0.2, -0.15) is 4.39 Å². The minimum Gasteiger partial charge on any atom is -0.341 e. The summed E-state index contributed by atoms with van der Waals surface area (Å²) in [7, 11) is 1.46. The lowest BCUT2D eigenvalue weighted by molar-refractivity contribution is -0.387. The molecule has 0 radical (unpaired) electrons. The Labute approximate surface area is 115 Å². The SMILES string of the molecule is CN(CC(C)(C)C)C(=O)c1cc(F)c([N+](=O)[O-])cc1F. The number of benzene rings is 1. The molecule has 0 saturated heterocycles. The van der Waals surface area contributed by atoms with Crippen LogP contribution in [0.4, 0.5) is 14.5 Å². The van der Waals surface area contributed by atoms with Gasteiger partial charge >= 0.3 is 5.69 Å². The maximum absolute atomic E-state index is 13.7. The van der Waals surface area contributed by atoms with Crippen LogP contribution in [-0.2, 0) is 0 Å². The Morgan fingerprint density at radius 1 is 1.30 bits per heavy atom. The lowest BCUT2D eigenvalue weighted by Gasteiger charge is -2.26. The van der Waals surface area contributed by atoms with Crippen molar-refractivity contribution >= 4 is 11.6 Å². The van der Waals surface area contributed by atoms with Crippen molar-refractivity contribution in [3.8, 4) is 0 Å². The summed E-state index contributed by atoms with van der Waals surface area (Å²) < 4.78 is 27.2. The molecule has 0 aliphatic carbocycles. The molecule has 0 saturated carbocycles. The first-order chi connectivity index (χ1) is 9.03. The molecule has 1 aromatic rings. The van der Waals surface area contributed by atoms with E-state index in [0.29, 0.717) is 18.7 Å². The van der Waals surface area contributed by atoms with E-state index in [1.165, 1.54) is 11.9 Å². The van der Waals surface area contributed by atoms with E-state index in [2.05, 4.69) is 0 Å². The highest BCUT2D eigenvalue weighted by molar-refractivity contribution is 5.94. The Balaban J connectivity index is 3.12. The van der Waals surface area contributed by atoms with Gasteiger partial charge in [0.15, 0.2) is 0 Å². The van der Waals surface area contributed by atoms with Crippen molar-refractivity contribution in [1.29, 1.82) is 0 Å². The molecular formula is C13H16F2N2O3. The van der Waals surface area contributed by atoms with Crippen LogP contribution in [0.15, 0.2) is 12.1 Å². The van der Waals surface area contributed by atoms with Crippen LogP contribution in [0.5, 0.6) is 0 Å². The van der Waals surface area contributed by atoms with Gasteiger partial charge in [-0.15, -0.1) is 0 Å². The summed E-state index contributed by atoms with van der Waals surface area (Å²) >= 11 is 0. The average molecular weight is 286 g/mol. The molecule has 110 valence electrons. The molecule has 0 heterocycles. The summed E-state index contributed by atoms with van der Waals surface area (Å²) in [6.45, 7) is 6.01. The predicted octanol–water partition coefficient (Wildman–Crippen LogP) is 2.99. The molecule has 5 nitrogen and oxygen atoms in total. The maximum Gasteiger partial charge on any atom is 0.307 e. The van der Waals surface area contributed by atoms with Crippen molar-refractivity contribution in [2.24, 2.45) is 5.41 Å². The Kier molecular flexibility index (Phi) is 4.42. The van der Waals surface area contributed by atoms with Crippen LogP contribution < -0.4 is 0 Å².